The highest BCUT2D eigenvalue weighted by atomic mass is 19.4. The maximum absolute atomic E-state index is 13.2. The summed E-state index contributed by atoms with van der Waals surface area (Å²) >= 11 is 0. The minimum atomic E-state index is -7.11. The average Bonchev–Trinajstić information content (AvgIpc) is 2.20. The van der Waals surface area contributed by atoms with Gasteiger partial charge in [-0.1, -0.05) is 0 Å². The molecule has 0 aromatic rings. The molecular formula is C7F10O3. The van der Waals surface area contributed by atoms with Gasteiger partial charge in [0.25, 0.3) is 0 Å². The smallest absolute Gasteiger partial charge is 0.387 e. The van der Waals surface area contributed by atoms with E-state index in [9.17, 15) is 53.5 Å². The van der Waals surface area contributed by atoms with Crippen molar-refractivity contribution in [2.24, 2.45) is 0 Å². The van der Waals surface area contributed by atoms with E-state index in [1.807, 2.05) is 0 Å². The van der Waals surface area contributed by atoms with Crippen LogP contribution in [-0.2, 0) is 14.3 Å². The minimum absolute atomic E-state index is 2.56. The van der Waals surface area contributed by atoms with E-state index in [-0.39, 0.29) is 0 Å². The fourth-order valence-electron chi connectivity index (χ4n) is 1.31. The van der Waals surface area contributed by atoms with Crippen molar-refractivity contribution in [3.63, 3.8) is 0 Å². The average molecular weight is 322 g/mol. The first-order valence-electron chi connectivity index (χ1n) is 4.21. The van der Waals surface area contributed by atoms with Crippen molar-refractivity contribution in [2.45, 2.75) is 29.6 Å². The van der Waals surface area contributed by atoms with Crippen LogP contribution in [-0.4, -0.2) is 41.6 Å². The lowest BCUT2D eigenvalue weighted by molar-refractivity contribution is -0.373. The molecule has 13 heteroatoms. The van der Waals surface area contributed by atoms with Crippen LogP contribution >= 0.6 is 0 Å². The van der Waals surface area contributed by atoms with Gasteiger partial charge in [-0.25, -0.2) is 18.4 Å². The predicted octanol–water partition coefficient (Wildman–Crippen LogP) is 2.25. The van der Waals surface area contributed by atoms with Gasteiger partial charge in [0, 0.05) is 0 Å². The molecule has 1 fully saturated rings. The van der Waals surface area contributed by atoms with Gasteiger partial charge >= 0.3 is 41.6 Å². The molecule has 0 spiro atoms. The van der Waals surface area contributed by atoms with Gasteiger partial charge in [-0.3, -0.25) is 0 Å². The third kappa shape index (κ3) is 1.54. The van der Waals surface area contributed by atoms with Crippen LogP contribution in [0.5, 0.6) is 0 Å². The van der Waals surface area contributed by atoms with E-state index in [0.717, 1.165) is 0 Å². The quantitative estimate of drug-likeness (QED) is 0.390. The van der Waals surface area contributed by atoms with E-state index in [0.29, 0.717) is 0 Å². The van der Waals surface area contributed by atoms with Gasteiger partial charge in [0.2, 0.25) is 0 Å². The minimum Gasteiger partial charge on any atom is -0.387 e. The molecule has 0 aliphatic carbocycles. The molecule has 1 aliphatic heterocycles. The third-order valence-electron chi connectivity index (χ3n) is 2.39. The first kappa shape index (κ1) is 16.5. The number of cyclic esters (lactones) is 2. The lowest BCUT2D eigenvalue weighted by atomic mass is 9.81. The summed E-state index contributed by atoms with van der Waals surface area (Å²) in [4.78, 5) is 20.9. The summed E-state index contributed by atoms with van der Waals surface area (Å²) in [5, 5.41) is 0. The Morgan fingerprint density at radius 2 is 0.950 bits per heavy atom. The van der Waals surface area contributed by atoms with Crippen molar-refractivity contribution in [3.05, 3.63) is 0 Å². The van der Waals surface area contributed by atoms with Crippen LogP contribution in [0.15, 0.2) is 0 Å². The Kier molecular flexibility index (Phi) is 3.10. The molecule has 0 aromatic heterocycles. The van der Waals surface area contributed by atoms with Crippen molar-refractivity contribution >= 4 is 11.9 Å². The van der Waals surface area contributed by atoms with Crippen LogP contribution in [0, 0.1) is 0 Å². The second-order valence-electron chi connectivity index (χ2n) is 3.56. The number of rotatable bonds is 0. The van der Waals surface area contributed by atoms with Crippen molar-refractivity contribution in [1.82, 2.24) is 0 Å². The highest BCUT2D eigenvalue weighted by Gasteiger charge is 2.94. The fraction of sp³-hybridized carbons (Fsp3) is 0.714. The summed E-state index contributed by atoms with van der Waals surface area (Å²) in [6.45, 7) is 0. The van der Waals surface area contributed by atoms with E-state index in [4.69, 9.17) is 0 Å². The standard InChI is InChI=1S/C7F10O3/c8-3(6(12,13)14)1(18)20-2(19)4(9,5(3,10)11)7(15,16)17. The van der Waals surface area contributed by atoms with Gasteiger partial charge in [0.05, 0.1) is 0 Å². The number of hydrogen-bond acceptors (Lipinski definition) is 3. The van der Waals surface area contributed by atoms with E-state index in [1.165, 1.54) is 0 Å². The number of alkyl halides is 10. The topological polar surface area (TPSA) is 43.4 Å². The first-order valence-corrected chi connectivity index (χ1v) is 4.21. The molecule has 3 nitrogen and oxygen atoms in total. The van der Waals surface area contributed by atoms with Crippen LogP contribution in [0.25, 0.3) is 0 Å². The van der Waals surface area contributed by atoms with Crippen LogP contribution in [0.2, 0.25) is 0 Å². The number of halogens is 10. The van der Waals surface area contributed by atoms with Crippen LogP contribution in [0.4, 0.5) is 43.9 Å². The summed E-state index contributed by atoms with van der Waals surface area (Å²) < 4.78 is 128. The number of ether oxygens (including phenoxy) is 1. The number of hydrogen-bond donors (Lipinski definition) is 0. The highest BCUT2D eigenvalue weighted by Crippen LogP contribution is 2.59. The van der Waals surface area contributed by atoms with Crippen LogP contribution < -0.4 is 0 Å². The van der Waals surface area contributed by atoms with E-state index < -0.39 is 41.6 Å². The van der Waals surface area contributed by atoms with Crippen molar-refractivity contribution in [3.8, 4) is 0 Å². The van der Waals surface area contributed by atoms with Gasteiger partial charge in [-0.2, -0.15) is 35.1 Å². The van der Waals surface area contributed by atoms with Crippen LogP contribution in [0.3, 0.4) is 0 Å². The van der Waals surface area contributed by atoms with Gasteiger partial charge < -0.3 is 4.74 Å². The molecular weight excluding hydrogens is 322 g/mol. The molecule has 1 aliphatic rings. The molecule has 20 heavy (non-hydrogen) atoms. The zero-order valence-corrected chi connectivity index (χ0v) is 8.50. The molecule has 0 bridgehead atoms. The lowest BCUT2D eigenvalue weighted by Gasteiger charge is -2.43. The Morgan fingerprint density at radius 1 is 0.700 bits per heavy atom. The molecule has 1 saturated heterocycles. The number of carbonyl (C=O) groups excluding carboxylic acids is 2. The molecule has 0 amide bonds. The van der Waals surface area contributed by atoms with Crippen molar-refractivity contribution < 1.29 is 58.2 Å². The molecule has 1 rings (SSSR count). The van der Waals surface area contributed by atoms with E-state index in [2.05, 4.69) is 4.74 Å². The summed E-state index contributed by atoms with van der Waals surface area (Å²) in [7, 11) is 0. The molecule has 0 N–H and O–H groups in total. The molecule has 0 radical (unpaired) electrons. The van der Waals surface area contributed by atoms with Crippen LogP contribution in [0.1, 0.15) is 0 Å². The monoisotopic (exact) mass is 322 g/mol. The highest BCUT2D eigenvalue weighted by molar-refractivity contribution is 6.01. The largest absolute Gasteiger partial charge is 0.439 e. The molecule has 2 unspecified atom stereocenters. The van der Waals surface area contributed by atoms with E-state index >= 15 is 0 Å². The molecule has 1 heterocycles. The zero-order valence-electron chi connectivity index (χ0n) is 8.50. The van der Waals surface area contributed by atoms with Crippen molar-refractivity contribution in [2.75, 3.05) is 0 Å². The normalized spacial score (nSPS) is 34.9. The van der Waals surface area contributed by atoms with Gasteiger partial charge in [-0.15, -0.1) is 0 Å². The summed E-state index contributed by atoms with van der Waals surface area (Å²) in [5.74, 6) is -14.5. The Balaban J connectivity index is 3.70. The number of carbonyl (C=O) groups is 2. The second-order valence-corrected chi connectivity index (χ2v) is 3.56. The molecule has 2 atom stereocenters. The Bertz CT molecular complexity index is 424. The molecule has 0 aromatic carbocycles. The summed E-state index contributed by atoms with van der Waals surface area (Å²) in [6.07, 6.45) is -13.9. The summed E-state index contributed by atoms with van der Waals surface area (Å²) in [6, 6.07) is 0. The van der Waals surface area contributed by atoms with Crippen molar-refractivity contribution in [1.29, 1.82) is 0 Å². The third-order valence-corrected chi connectivity index (χ3v) is 2.39. The second kappa shape index (κ2) is 3.75. The molecule has 0 saturated carbocycles. The Morgan fingerprint density at radius 3 is 1.15 bits per heavy atom. The summed E-state index contributed by atoms with van der Waals surface area (Å²) in [5.41, 5.74) is -13.3. The maximum atomic E-state index is 13.2. The predicted molar refractivity (Wildman–Crippen MR) is 35.8 cm³/mol. The van der Waals surface area contributed by atoms with Gasteiger partial charge in [0.15, 0.2) is 0 Å². The SMILES string of the molecule is O=C1OC(=O)C(F)(C(F)(F)F)C(F)(F)C1(F)C(F)(F)F. The maximum Gasteiger partial charge on any atom is 0.439 e. The first-order chi connectivity index (χ1) is 8.55. The number of esters is 2. The lowest BCUT2D eigenvalue weighted by Crippen LogP contribution is -2.78. The fourth-order valence-corrected chi connectivity index (χ4v) is 1.31. The van der Waals surface area contributed by atoms with E-state index in [1.54, 1.807) is 0 Å². The molecule has 116 valence electrons. The Labute approximate surface area is 101 Å². The Hall–Kier alpha value is -1.56. The zero-order chi connectivity index (χ0) is 16.4. The van der Waals surface area contributed by atoms with Gasteiger partial charge in [-0.05, 0) is 0 Å². The van der Waals surface area contributed by atoms with Gasteiger partial charge in [0.1, 0.15) is 0 Å².